The molecule has 224 valence electrons. The largest absolute Gasteiger partial charge is 0.493 e. The fraction of sp³-hybridized carbons (Fsp3) is 0.429. The fourth-order valence-corrected chi connectivity index (χ4v) is 5.31. The van der Waals surface area contributed by atoms with Crippen LogP contribution in [0.3, 0.4) is 0 Å². The number of benzene rings is 3. The summed E-state index contributed by atoms with van der Waals surface area (Å²) < 4.78 is 6.02. The third-order valence-electron chi connectivity index (χ3n) is 7.81. The Bertz CT molecular complexity index is 1270. The van der Waals surface area contributed by atoms with Crippen molar-refractivity contribution in [3.63, 3.8) is 0 Å². The lowest BCUT2D eigenvalue weighted by molar-refractivity contribution is -0.117. The van der Waals surface area contributed by atoms with Crippen molar-refractivity contribution in [2.45, 2.75) is 70.4 Å². The highest BCUT2D eigenvalue weighted by molar-refractivity contribution is 5.99. The monoisotopic (exact) mass is 571 g/mol. The topological polar surface area (TPSA) is 90.9 Å². The van der Waals surface area contributed by atoms with Crippen molar-refractivity contribution < 1.29 is 19.4 Å². The van der Waals surface area contributed by atoms with Crippen LogP contribution in [0.5, 0.6) is 5.75 Å². The van der Waals surface area contributed by atoms with Crippen LogP contribution in [0, 0.1) is 0 Å². The summed E-state index contributed by atoms with van der Waals surface area (Å²) in [5.74, 6) is 0.606. The third-order valence-corrected chi connectivity index (χ3v) is 7.81. The third kappa shape index (κ3) is 9.16. The quantitative estimate of drug-likeness (QED) is 0.198. The van der Waals surface area contributed by atoms with Gasteiger partial charge in [0.25, 0.3) is 5.91 Å². The molecule has 7 heteroatoms. The van der Waals surface area contributed by atoms with Gasteiger partial charge in [-0.15, -0.1) is 0 Å². The van der Waals surface area contributed by atoms with E-state index in [1.54, 1.807) is 17.0 Å². The zero-order valence-corrected chi connectivity index (χ0v) is 24.9. The lowest BCUT2D eigenvalue weighted by Gasteiger charge is -2.26. The van der Waals surface area contributed by atoms with Gasteiger partial charge in [-0.05, 0) is 48.4 Å². The van der Waals surface area contributed by atoms with E-state index in [0.29, 0.717) is 56.1 Å². The predicted molar refractivity (Wildman–Crippen MR) is 168 cm³/mol. The molecule has 42 heavy (non-hydrogen) atoms. The van der Waals surface area contributed by atoms with Crippen molar-refractivity contribution in [2.75, 3.05) is 31.1 Å². The molecular weight excluding hydrogens is 526 g/mol. The summed E-state index contributed by atoms with van der Waals surface area (Å²) in [6.07, 6.45) is 4.04. The van der Waals surface area contributed by atoms with Gasteiger partial charge < -0.3 is 25.4 Å². The van der Waals surface area contributed by atoms with Crippen LogP contribution in [0.25, 0.3) is 0 Å². The summed E-state index contributed by atoms with van der Waals surface area (Å²) in [4.78, 5) is 27.9. The molecule has 0 aromatic heterocycles. The van der Waals surface area contributed by atoms with Crippen LogP contribution in [-0.2, 0) is 11.2 Å². The van der Waals surface area contributed by atoms with Crippen LogP contribution in [0.15, 0.2) is 78.9 Å². The maximum absolute atomic E-state index is 13.7. The molecule has 3 aromatic rings. The lowest BCUT2D eigenvalue weighted by Crippen LogP contribution is -2.49. The molecule has 0 bridgehead atoms. The second kappa shape index (κ2) is 16.1. The molecule has 0 aliphatic carbocycles. The zero-order chi connectivity index (χ0) is 29.7. The molecule has 3 atom stereocenters. The van der Waals surface area contributed by atoms with E-state index in [2.05, 4.69) is 36.6 Å². The summed E-state index contributed by atoms with van der Waals surface area (Å²) in [6.45, 7) is 6.51. The first-order valence-corrected chi connectivity index (χ1v) is 15.3. The van der Waals surface area contributed by atoms with Gasteiger partial charge in [0.1, 0.15) is 5.75 Å². The summed E-state index contributed by atoms with van der Waals surface area (Å²) in [5, 5.41) is 17.8. The highest BCUT2D eigenvalue weighted by Crippen LogP contribution is 2.28. The average molecular weight is 572 g/mol. The maximum atomic E-state index is 13.7. The van der Waals surface area contributed by atoms with Crippen molar-refractivity contribution in [3.05, 3.63) is 95.6 Å². The number of hydrogen-bond acceptors (Lipinski definition) is 5. The highest BCUT2D eigenvalue weighted by atomic mass is 16.5. The Balaban J connectivity index is 1.48. The molecule has 0 saturated carbocycles. The molecule has 1 heterocycles. The van der Waals surface area contributed by atoms with E-state index >= 15 is 0 Å². The molecule has 7 nitrogen and oxygen atoms in total. The fourth-order valence-electron chi connectivity index (χ4n) is 5.31. The van der Waals surface area contributed by atoms with Gasteiger partial charge >= 0.3 is 0 Å². The number of nitrogens with one attached hydrogen (secondary N) is 2. The molecular formula is C35H45N3O4. The van der Waals surface area contributed by atoms with Gasteiger partial charge in [-0.2, -0.15) is 0 Å². The van der Waals surface area contributed by atoms with E-state index in [4.69, 9.17) is 4.74 Å². The van der Waals surface area contributed by atoms with E-state index in [-0.39, 0.29) is 17.7 Å². The number of carbonyl (C=O) groups excluding carboxylic acids is 2. The summed E-state index contributed by atoms with van der Waals surface area (Å²) >= 11 is 0. The Morgan fingerprint density at radius 2 is 1.74 bits per heavy atom. The number of amides is 2. The molecule has 1 saturated heterocycles. The number of aliphatic hydroxyl groups excluding tert-OH is 1. The number of aliphatic hydroxyl groups is 1. The molecule has 3 aromatic carbocycles. The van der Waals surface area contributed by atoms with Crippen molar-refractivity contribution in [1.82, 2.24) is 10.6 Å². The molecule has 1 aliphatic heterocycles. The second-order valence-electron chi connectivity index (χ2n) is 11.2. The van der Waals surface area contributed by atoms with Crippen LogP contribution >= 0.6 is 0 Å². The number of nitrogens with zero attached hydrogens (tertiary/aromatic N) is 1. The molecule has 2 amide bonds. The van der Waals surface area contributed by atoms with Crippen LogP contribution in [0.1, 0.15) is 73.4 Å². The van der Waals surface area contributed by atoms with Crippen LogP contribution in [0.2, 0.25) is 0 Å². The first kappa shape index (κ1) is 31.3. The first-order valence-electron chi connectivity index (χ1n) is 15.3. The molecule has 1 fully saturated rings. The number of unbranched alkanes of at least 4 members (excludes halogenated alkanes) is 2. The lowest BCUT2D eigenvalue weighted by atomic mass is 9.99. The SMILES string of the molecule is CCCCCOc1cc(C(=O)N[C@@H](Cc2ccccc2)[C@H](O)CNCC(C)c2ccccc2)cc(N2CCCC2=O)c1. The van der Waals surface area contributed by atoms with Crippen LogP contribution in [-0.4, -0.2) is 55.3 Å². The summed E-state index contributed by atoms with van der Waals surface area (Å²) in [7, 11) is 0. The van der Waals surface area contributed by atoms with Crippen LogP contribution in [0.4, 0.5) is 5.69 Å². The van der Waals surface area contributed by atoms with E-state index in [9.17, 15) is 14.7 Å². The number of rotatable bonds is 16. The van der Waals surface area contributed by atoms with E-state index < -0.39 is 12.1 Å². The van der Waals surface area contributed by atoms with Gasteiger partial charge in [0.2, 0.25) is 5.91 Å². The summed E-state index contributed by atoms with van der Waals surface area (Å²) in [5.41, 5.74) is 3.34. The van der Waals surface area contributed by atoms with Gasteiger partial charge in [0, 0.05) is 43.4 Å². The van der Waals surface area contributed by atoms with Gasteiger partial charge in [-0.3, -0.25) is 9.59 Å². The minimum atomic E-state index is -0.815. The van der Waals surface area contributed by atoms with E-state index in [1.165, 1.54) is 5.56 Å². The average Bonchev–Trinajstić information content (AvgIpc) is 3.45. The Labute approximate surface area is 250 Å². The molecule has 0 spiro atoms. The van der Waals surface area contributed by atoms with Crippen LogP contribution < -0.4 is 20.3 Å². The molecule has 1 unspecified atom stereocenters. The molecule has 4 rings (SSSR count). The standard InChI is InChI=1S/C35H45N3O4/c1-3-4-11-19-42-31-22-29(21-30(23-31)38-18-12-17-34(38)40)35(41)37-32(20-27-13-7-5-8-14-27)33(39)25-36-24-26(2)28-15-9-6-10-16-28/h5-10,13-16,21-23,26,32-33,36,39H,3-4,11-12,17-20,24-25H2,1-2H3,(H,37,41)/t26?,32-,33+/m0/s1. The van der Waals surface area contributed by atoms with Crippen molar-refractivity contribution in [2.24, 2.45) is 0 Å². The van der Waals surface area contributed by atoms with Gasteiger partial charge in [-0.25, -0.2) is 0 Å². The maximum Gasteiger partial charge on any atom is 0.251 e. The number of hydrogen-bond donors (Lipinski definition) is 3. The highest BCUT2D eigenvalue weighted by Gasteiger charge is 2.26. The normalized spacial score (nSPS) is 15.3. The Hall–Kier alpha value is -3.68. The van der Waals surface area contributed by atoms with Crippen molar-refractivity contribution >= 4 is 17.5 Å². The van der Waals surface area contributed by atoms with E-state index in [0.717, 1.165) is 31.2 Å². The second-order valence-corrected chi connectivity index (χ2v) is 11.2. The van der Waals surface area contributed by atoms with Crippen molar-refractivity contribution in [1.29, 1.82) is 0 Å². The minimum Gasteiger partial charge on any atom is -0.493 e. The first-order chi connectivity index (χ1) is 20.4. The Morgan fingerprint density at radius 1 is 1.00 bits per heavy atom. The van der Waals surface area contributed by atoms with Gasteiger partial charge in [0.05, 0.1) is 18.8 Å². The Morgan fingerprint density at radius 3 is 2.43 bits per heavy atom. The molecule has 1 aliphatic rings. The van der Waals surface area contributed by atoms with Gasteiger partial charge in [-0.1, -0.05) is 87.4 Å². The number of carbonyl (C=O) groups is 2. The Kier molecular flexibility index (Phi) is 12.0. The number of anilines is 1. The predicted octanol–water partition coefficient (Wildman–Crippen LogP) is 5.48. The number of ether oxygens (including phenoxy) is 1. The molecule has 3 N–H and O–H groups in total. The zero-order valence-electron chi connectivity index (χ0n) is 24.9. The summed E-state index contributed by atoms with van der Waals surface area (Å²) in [6, 6.07) is 24.9. The molecule has 0 radical (unpaired) electrons. The van der Waals surface area contributed by atoms with Crippen molar-refractivity contribution in [3.8, 4) is 5.75 Å². The van der Waals surface area contributed by atoms with E-state index in [1.807, 2.05) is 54.6 Å². The minimum absolute atomic E-state index is 0.0534. The smallest absolute Gasteiger partial charge is 0.251 e. The van der Waals surface area contributed by atoms with Gasteiger partial charge in [0.15, 0.2) is 0 Å².